The number of nitrogens with zero attached hydrogens (tertiary/aromatic N) is 3. The van der Waals surface area contributed by atoms with E-state index < -0.39 is 0 Å². The number of unbranched alkanes of at least 4 members (excludes halogenated alkanes) is 1. The molecule has 4 rings (SSSR count). The Morgan fingerprint density at radius 1 is 1.04 bits per heavy atom. The van der Waals surface area contributed by atoms with Crippen LogP contribution in [0.15, 0.2) is 48.0 Å². The van der Waals surface area contributed by atoms with Gasteiger partial charge in [-0.2, -0.15) is 0 Å². The maximum atomic E-state index is 5.51. The lowest BCUT2D eigenvalue weighted by Crippen LogP contribution is -2.46. The van der Waals surface area contributed by atoms with Crippen molar-refractivity contribution in [1.82, 2.24) is 9.88 Å². The van der Waals surface area contributed by atoms with Gasteiger partial charge in [0.1, 0.15) is 5.75 Å². The van der Waals surface area contributed by atoms with Crippen LogP contribution in [0.1, 0.15) is 18.4 Å². The van der Waals surface area contributed by atoms with Gasteiger partial charge in [0, 0.05) is 26.2 Å². The van der Waals surface area contributed by atoms with Gasteiger partial charge in [-0.3, -0.25) is 4.90 Å². The molecular weight excluding hydrogens is 354 g/mol. The maximum absolute atomic E-state index is 5.51. The van der Waals surface area contributed by atoms with Gasteiger partial charge in [0.25, 0.3) is 0 Å². The molecule has 1 aliphatic rings. The average Bonchev–Trinajstić information content (AvgIpc) is 3.19. The molecule has 1 aromatic heterocycles. The third-order valence-electron chi connectivity index (χ3n) is 5.38. The SMILES string of the molecule is COc1ccccc1N1CCN(CCCCc2ccc3ncsc3c2)CC1. The summed E-state index contributed by atoms with van der Waals surface area (Å²) in [7, 11) is 1.75. The van der Waals surface area contributed by atoms with Gasteiger partial charge in [0.2, 0.25) is 0 Å². The first-order valence-corrected chi connectivity index (χ1v) is 10.6. The Morgan fingerprint density at radius 3 is 2.74 bits per heavy atom. The van der Waals surface area contributed by atoms with Crippen molar-refractivity contribution < 1.29 is 4.74 Å². The summed E-state index contributed by atoms with van der Waals surface area (Å²) in [6, 6.07) is 15.0. The number of fused-ring (bicyclic) bond motifs is 1. The summed E-state index contributed by atoms with van der Waals surface area (Å²) in [5, 5.41) is 0. The van der Waals surface area contributed by atoms with Crippen LogP contribution in [0.5, 0.6) is 5.75 Å². The molecule has 4 nitrogen and oxygen atoms in total. The van der Waals surface area contributed by atoms with Crippen molar-refractivity contribution in [3.05, 3.63) is 53.5 Å². The molecule has 1 aliphatic heterocycles. The largest absolute Gasteiger partial charge is 0.495 e. The van der Waals surface area contributed by atoms with Gasteiger partial charge in [-0.1, -0.05) is 18.2 Å². The van der Waals surface area contributed by atoms with E-state index in [1.54, 1.807) is 18.4 Å². The van der Waals surface area contributed by atoms with Crippen LogP contribution in [0.4, 0.5) is 5.69 Å². The van der Waals surface area contributed by atoms with Crippen molar-refractivity contribution in [2.45, 2.75) is 19.3 Å². The lowest BCUT2D eigenvalue weighted by molar-refractivity contribution is 0.252. The molecular formula is C22H27N3OS. The summed E-state index contributed by atoms with van der Waals surface area (Å²) in [4.78, 5) is 9.40. The van der Waals surface area contributed by atoms with Crippen molar-refractivity contribution in [1.29, 1.82) is 0 Å². The third-order valence-corrected chi connectivity index (χ3v) is 6.18. The Bertz CT molecular complexity index is 871. The Balaban J connectivity index is 1.20. The van der Waals surface area contributed by atoms with Gasteiger partial charge in [-0.25, -0.2) is 4.98 Å². The standard InChI is InChI=1S/C22H27N3OS/c1-26-21-8-3-2-7-20(21)25-14-12-24(13-15-25)11-5-4-6-18-9-10-19-22(16-18)27-17-23-19/h2-3,7-10,16-17H,4-6,11-15H2,1H3. The van der Waals surface area contributed by atoms with Gasteiger partial charge >= 0.3 is 0 Å². The fourth-order valence-electron chi connectivity index (χ4n) is 3.82. The second kappa shape index (κ2) is 8.72. The number of thiazole rings is 1. The molecule has 0 atom stereocenters. The van der Waals surface area contributed by atoms with E-state index >= 15 is 0 Å². The van der Waals surface area contributed by atoms with Crippen LogP contribution >= 0.6 is 11.3 Å². The lowest BCUT2D eigenvalue weighted by Gasteiger charge is -2.36. The molecule has 5 heteroatoms. The second-order valence-corrected chi connectivity index (χ2v) is 8.00. The van der Waals surface area contributed by atoms with Gasteiger partial charge in [-0.15, -0.1) is 11.3 Å². The van der Waals surface area contributed by atoms with Gasteiger partial charge in [-0.05, 0) is 55.6 Å². The topological polar surface area (TPSA) is 28.6 Å². The zero-order chi connectivity index (χ0) is 18.5. The number of ether oxygens (including phenoxy) is 1. The van der Waals surface area contributed by atoms with Crippen molar-refractivity contribution in [2.75, 3.05) is 44.7 Å². The monoisotopic (exact) mass is 381 g/mol. The molecule has 1 saturated heterocycles. The number of aromatic nitrogens is 1. The van der Waals surface area contributed by atoms with Crippen LogP contribution in [0.3, 0.4) is 0 Å². The number of rotatable bonds is 7. The molecule has 1 fully saturated rings. The fourth-order valence-corrected chi connectivity index (χ4v) is 4.56. The summed E-state index contributed by atoms with van der Waals surface area (Å²) in [5.74, 6) is 0.976. The van der Waals surface area contributed by atoms with E-state index in [1.165, 1.54) is 35.3 Å². The van der Waals surface area contributed by atoms with Crippen LogP contribution < -0.4 is 9.64 Å². The van der Waals surface area contributed by atoms with E-state index in [0.717, 1.165) is 43.9 Å². The van der Waals surface area contributed by atoms with E-state index in [0.29, 0.717) is 0 Å². The maximum Gasteiger partial charge on any atom is 0.142 e. The lowest BCUT2D eigenvalue weighted by atomic mass is 10.1. The van der Waals surface area contributed by atoms with Crippen LogP contribution in [0, 0.1) is 0 Å². The van der Waals surface area contributed by atoms with E-state index in [2.05, 4.69) is 45.1 Å². The molecule has 2 aromatic carbocycles. The number of methoxy groups -OCH3 is 1. The third kappa shape index (κ3) is 4.42. The second-order valence-electron chi connectivity index (χ2n) is 7.11. The molecule has 0 spiro atoms. The molecule has 0 radical (unpaired) electrons. The fraction of sp³-hybridized carbons (Fsp3) is 0.409. The van der Waals surface area contributed by atoms with Crippen molar-refractivity contribution in [3.63, 3.8) is 0 Å². The van der Waals surface area contributed by atoms with E-state index in [-0.39, 0.29) is 0 Å². The molecule has 0 amide bonds. The molecule has 0 bridgehead atoms. The number of hydrogen-bond acceptors (Lipinski definition) is 5. The molecule has 0 unspecified atom stereocenters. The van der Waals surface area contributed by atoms with E-state index in [4.69, 9.17) is 4.74 Å². The highest BCUT2D eigenvalue weighted by atomic mass is 32.1. The Hall–Kier alpha value is -2.11. The number of para-hydroxylation sites is 2. The highest BCUT2D eigenvalue weighted by molar-refractivity contribution is 7.16. The number of piperazine rings is 1. The average molecular weight is 382 g/mol. The van der Waals surface area contributed by atoms with Crippen molar-refractivity contribution >= 4 is 27.2 Å². The number of anilines is 1. The number of aryl methyl sites for hydroxylation is 1. The molecule has 0 saturated carbocycles. The van der Waals surface area contributed by atoms with E-state index in [1.807, 2.05) is 17.6 Å². The number of benzene rings is 2. The summed E-state index contributed by atoms with van der Waals surface area (Å²) in [6.45, 7) is 5.60. The highest BCUT2D eigenvalue weighted by Crippen LogP contribution is 2.28. The normalized spacial score (nSPS) is 15.4. The first-order valence-electron chi connectivity index (χ1n) is 9.76. The first-order chi connectivity index (χ1) is 13.3. The zero-order valence-electron chi connectivity index (χ0n) is 15.9. The minimum absolute atomic E-state index is 0.976. The van der Waals surface area contributed by atoms with Crippen LogP contribution in [0.25, 0.3) is 10.2 Å². The van der Waals surface area contributed by atoms with Crippen LogP contribution in [-0.2, 0) is 6.42 Å². The van der Waals surface area contributed by atoms with Crippen molar-refractivity contribution in [3.8, 4) is 5.75 Å². The van der Waals surface area contributed by atoms with Crippen LogP contribution in [-0.4, -0.2) is 49.7 Å². The van der Waals surface area contributed by atoms with Gasteiger partial charge in [0.05, 0.1) is 28.5 Å². The predicted molar refractivity (Wildman–Crippen MR) is 114 cm³/mol. The highest BCUT2D eigenvalue weighted by Gasteiger charge is 2.18. The van der Waals surface area contributed by atoms with E-state index in [9.17, 15) is 0 Å². The van der Waals surface area contributed by atoms with Gasteiger partial charge < -0.3 is 9.64 Å². The smallest absolute Gasteiger partial charge is 0.142 e. The minimum atomic E-state index is 0.976. The first kappa shape index (κ1) is 18.3. The molecule has 27 heavy (non-hydrogen) atoms. The minimum Gasteiger partial charge on any atom is -0.495 e. The quantitative estimate of drug-likeness (QED) is 0.565. The number of hydrogen-bond donors (Lipinski definition) is 0. The molecule has 0 aliphatic carbocycles. The summed E-state index contributed by atoms with van der Waals surface area (Å²) >= 11 is 1.73. The summed E-state index contributed by atoms with van der Waals surface area (Å²) < 4.78 is 6.82. The Labute approximate surface area is 165 Å². The molecule has 142 valence electrons. The summed E-state index contributed by atoms with van der Waals surface area (Å²) in [6.07, 6.45) is 3.67. The molecule has 3 aromatic rings. The molecule has 2 heterocycles. The Kier molecular flexibility index (Phi) is 5.90. The predicted octanol–water partition coefficient (Wildman–Crippen LogP) is 4.45. The summed E-state index contributed by atoms with van der Waals surface area (Å²) in [5.41, 5.74) is 5.71. The van der Waals surface area contributed by atoms with Crippen molar-refractivity contribution in [2.24, 2.45) is 0 Å². The van der Waals surface area contributed by atoms with Gasteiger partial charge in [0.15, 0.2) is 0 Å². The zero-order valence-corrected chi connectivity index (χ0v) is 16.8. The molecule has 0 N–H and O–H groups in total. The Morgan fingerprint density at radius 2 is 1.89 bits per heavy atom. The van der Waals surface area contributed by atoms with Crippen LogP contribution in [0.2, 0.25) is 0 Å².